The van der Waals surface area contributed by atoms with E-state index in [1.807, 2.05) is 151 Å². The second-order valence-corrected chi connectivity index (χ2v) is 37.9. The molecule has 17 heteroatoms. The van der Waals surface area contributed by atoms with Gasteiger partial charge < -0.3 is 4.42 Å². The number of nitrogens with zero attached hydrogens (tertiary/aromatic N) is 15. The van der Waals surface area contributed by atoms with Crippen LogP contribution in [0.5, 0.6) is 0 Å². The lowest BCUT2D eigenvalue weighted by Crippen LogP contribution is -2.16. The molecule has 11 heterocycles. The van der Waals surface area contributed by atoms with E-state index in [1.165, 1.54) is 59.1 Å². The van der Waals surface area contributed by atoms with Crippen molar-refractivity contribution in [2.24, 2.45) is 0 Å². The summed E-state index contributed by atoms with van der Waals surface area (Å²) < 4.78 is 21.8. The molecule has 0 spiro atoms. The number of hydrogen-bond donors (Lipinski definition) is 0. The third kappa shape index (κ3) is 13.8. The highest BCUT2D eigenvalue weighted by molar-refractivity contribution is 7.25. The molecule has 672 valence electrons. The molecule has 1 aliphatic carbocycles. The van der Waals surface area contributed by atoms with Crippen LogP contribution in [0.15, 0.2) is 459 Å². The SMILES string of the molecule is CC1(C)c2ccccc2-c2cccc(-c3ccc4c(c3)n3c5ccccc5nc3n4-c3nc(-c4ccccc4)cc(-c4ccccc4)n3)c21.c1ccc(-c2cc(-c3ccccc3)nc(-n3c4ccc(-c5ccc6oc7ccccc7c6c5)cc4n4c5ccccc5nc34)n2)cc1.c1ccc(-c2cc(-c3ccccc3)nc(-n3c4ccc(-c5ccc6sc7ccccc7c6c5)cc4n4c5ccccc5nc34)n2)cc1. The van der Waals surface area contributed by atoms with Gasteiger partial charge >= 0.3 is 0 Å². The largest absolute Gasteiger partial charge is 0.456 e. The van der Waals surface area contributed by atoms with Crippen LogP contribution in [0.1, 0.15) is 25.0 Å². The molecule has 0 saturated carbocycles. The van der Waals surface area contributed by atoms with Crippen molar-refractivity contribution in [3.63, 3.8) is 0 Å². The first-order chi connectivity index (χ1) is 70.6. The number of hydrogen-bond acceptors (Lipinski definition) is 11. The summed E-state index contributed by atoms with van der Waals surface area (Å²) >= 11 is 1.84. The Hall–Kier alpha value is -19.0. The molecule has 0 aliphatic heterocycles. The van der Waals surface area contributed by atoms with E-state index in [4.69, 9.17) is 49.3 Å². The van der Waals surface area contributed by atoms with Crippen molar-refractivity contribution >= 4 is 137 Å². The van der Waals surface area contributed by atoms with Gasteiger partial charge in [-0.25, -0.2) is 58.6 Å². The fourth-order valence-electron chi connectivity index (χ4n) is 21.4. The van der Waals surface area contributed by atoms with E-state index in [0.717, 1.165) is 190 Å². The van der Waals surface area contributed by atoms with E-state index in [-0.39, 0.29) is 5.41 Å². The second-order valence-electron chi connectivity index (χ2n) is 36.9. The van der Waals surface area contributed by atoms with E-state index >= 15 is 0 Å². The molecule has 0 amide bonds. The van der Waals surface area contributed by atoms with Gasteiger partial charge in [0.25, 0.3) is 0 Å². The molecular weight excluding hydrogens is 1770 g/mol. The molecule has 0 saturated heterocycles. The quantitative estimate of drug-likeness (QED) is 0.115. The molecule has 0 fully saturated rings. The maximum absolute atomic E-state index is 6.11. The van der Waals surface area contributed by atoms with Crippen molar-refractivity contribution in [2.75, 3.05) is 0 Å². The minimum Gasteiger partial charge on any atom is -0.456 e. The zero-order valence-corrected chi connectivity index (χ0v) is 78.1. The zero-order valence-electron chi connectivity index (χ0n) is 77.3. The molecular formula is C126H81N15OS. The highest BCUT2D eigenvalue weighted by atomic mass is 32.1. The molecule has 0 radical (unpaired) electrons. The van der Waals surface area contributed by atoms with Crippen LogP contribution in [0.25, 0.3) is 256 Å². The van der Waals surface area contributed by atoms with Crippen LogP contribution in [0.4, 0.5) is 0 Å². The molecule has 0 atom stereocenters. The van der Waals surface area contributed by atoms with Gasteiger partial charge in [-0.3, -0.25) is 13.2 Å². The Labute approximate surface area is 822 Å². The smallest absolute Gasteiger partial charge is 0.238 e. The van der Waals surface area contributed by atoms with Crippen molar-refractivity contribution in [3.8, 4) is 130 Å². The Morgan fingerprint density at radius 3 is 0.979 bits per heavy atom. The lowest BCUT2D eigenvalue weighted by molar-refractivity contribution is 0.662. The third-order valence-corrected chi connectivity index (χ3v) is 29.2. The van der Waals surface area contributed by atoms with Gasteiger partial charge in [0.05, 0.1) is 100 Å². The third-order valence-electron chi connectivity index (χ3n) is 28.1. The first kappa shape index (κ1) is 82.3. The summed E-state index contributed by atoms with van der Waals surface area (Å²) in [6, 6.07) is 158. The lowest BCUT2D eigenvalue weighted by Gasteiger charge is -2.24. The predicted octanol–water partition coefficient (Wildman–Crippen LogP) is 31.2. The van der Waals surface area contributed by atoms with Gasteiger partial charge in [-0.2, -0.15) is 0 Å². The van der Waals surface area contributed by atoms with Crippen molar-refractivity contribution in [1.82, 2.24) is 71.8 Å². The Kier molecular flexibility index (Phi) is 19.1. The van der Waals surface area contributed by atoms with Crippen LogP contribution in [-0.4, -0.2) is 71.8 Å². The van der Waals surface area contributed by atoms with Crippen LogP contribution >= 0.6 is 11.3 Å². The fraction of sp³-hybridized carbons (Fsp3) is 0.0238. The van der Waals surface area contributed by atoms with E-state index < -0.39 is 0 Å². The monoisotopic (exact) mass is 1850 g/mol. The summed E-state index contributed by atoms with van der Waals surface area (Å²) in [5.41, 5.74) is 37.3. The Balaban J connectivity index is 0.000000105. The van der Waals surface area contributed by atoms with Crippen molar-refractivity contribution in [1.29, 1.82) is 0 Å². The molecule has 16 nitrogen and oxygen atoms in total. The van der Waals surface area contributed by atoms with Crippen molar-refractivity contribution in [2.45, 2.75) is 19.3 Å². The minimum atomic E-state index is -0.125. The highest BCUT2D eigenvalue weighted by Crippen LogP contribution is 2.53. The fourth-order valence-corrected chi connectivity index (χ4v) is 22.4. The molecule has 29 aromatic rings. The van der Waals surface area contributed by atoms with Gasteiger partial charge in [-0.15, -0.1) is 11.3 Å². The maximum Gasteiger partial charge on any atom is 0.238 e. The van der Waals surface area contributed by atoms with Gasteiger partial charge in [0.15, 0.2) is 0 Å². The molecule has 30 rings (SSSR count). The second kappa shape index (κ2) is 33.2. The van der Waals surface area contributed by atoms with E-state index in [2.05, 4.69) is 356 Å². The standard InChI is InChI=1S/C44H31N5.C41H25N5O.C41H25N5S/c1-44(2)34-21-10-9-18-32(34)33-20-13-19-31(41(33)44)30-24-25-39-40(26-30)48-38-23-12-11-22-35(38)47-43(48)49(39)42-45-36(28-14-5-3-6-15-28)27-37(46-42)29-16-7-4-8-17-29;2*1-3-11-26(12-4-1)33-25-34(27-13-5-2-6-14-27)43-40(42-33)46-36-21-19-29(24-37(36)45-35-17-9-8-16-32(35)44-41(45)46)28-20-22-39-31(23-28)30-15-7-10-18-38(30)47-39/h3-27H,1-2H3;2*1-25H. The maximum atomic E-state index is 6.11. The number of para-hydroxylation sites is 7. The van der Waals surface area contributed by atoms with Gasteiger partial charge in [0.2, 0.25) is 35.2 Å². The number of rotatable bonds is 12. The van der Waals surface area contributed by atoms with Gasteiger partial charge in [-0.05, 0) is 183 Å². The number of benzene rings is 18. The molecule has 0 unspecified atom stereocenters. The van der Waals surface area contributed by atoms with Crippen molar-refractivity contribution < 1.29 is 4.42 Å². The Bertz CT molecular complexity index is 9600. The molecule has 0 bridgehead atoms. The predicted molar refractivity (Wildman–Crippen MR) is 582 cm³/mol. The normalized spacial score (nSPS) is 12.3. The van der Waals surface area contributed by atoms with E-state index in [1.54, 1.807) is 0 Å². The summed E-state index contributed by atoms with van der Waals surface area (Å²) in [4.78, 5) is 46.6. The molecule has 0 N–H and O–H groups in total. The number of furan rings is 1. The number of thiophene rings is 1. The summed E-state index contributed by atoms with van der Waals surface area (Å²) in [5.74, 6) is 4.06. The average molecular weight is 1850 g/mol. The minimum absolute atomic E-state index is 0.125. The van der Waals surface area contributed by atoms with Gasteiger partial charge in [0.1, 0.15) is 11.2 Å². The van der Waals surface area contributed by atoms with Crippen LogP contribution in [0.3, 0.4) is 0 Å². The van der Waals surface area contributed by atoms with Crippen LogP contribution < -0.4 is 0 Å². The van der Waals surface area contributed by atoms with Crippen LogP contribution in [0, 0.1) is 0 Å². The average Bonchev–Trinajstić information content (AvgIpc) is 1.56. The molecule has 18 aromatic carbocycles. The first-order valence-electron chi connectivity index (χ1n) is 48.0. The number of fused-ring (bicyclic) bond motifs is 24. The zero-order chi connectivity index (χ0) is 94.5. The first-order valence-corrected chi connectivity index (χ1v) is 48.8. The van der Waals surface area contributed by atoms with Gasteiger partial charge in [0, 0.05) is 69.7 Å². The molecule has 1 aliphatic rings. The molecule has 11 aromatic heterocycles. The van der Waals surface area contributed by atoms with E-state index in [9.17, 15) is 0 Å². The van der Waals surface area contributed by atoms with Crippen LogP contribution in [0.2, 0.25) is 0 Å². The summed E-state index contributed by atoms with van der Waals surface area (Å²) in [6.07, 6.45) is 0. The summed E-state index contributed by atoms with van der Waals surface area (Å²) in [7, 11) is 0. The van der Waals surface area contributed by atoms with Crippen LogP contribution in [-0.2, 0) is 5.41 Å². The summed E-state index contributed by atoms with van der Waals surface area (Å²) in [6.45, 7) is 4.69. The molecule has 143 heavy (non-hydrogen) atoms. The van der Waals surface area contributed by atoms with E-state index in [0.29, 0.717) is 17.8 Å². The highest BCUT2D eigenvalue weighted by Gasteiger charge is 2.38. The Morgan fingerprint density at radius 1 is 0.210 bits per heavy atom. The Morgan fingerprint density at radius 2 is 0.531 bits per heavy atom. The van der Waals surface area contributed by atoms with Gasteiger partial charge in [-0.1, -0.05) is 341 Å². The summed E-state index contributed by atoms with van der Waals surface area (Å²) in [5, 5.41) is 4.81. The number of aromatic nitrogens is 15. The van der Waals surface area contributed by atoms with Crippen molar-refractivity contribution in [3.05, 3.63) is 466 Å². The topological polar surface area (TPSA) is 157 Å². The lowest BCUT2D eigenvalue weighted by atomic mass is 9.79. The number of imidazole rings is 6.